The summed E-state index contributed by atoms with van der Waals surface area (Å²) in [4.78, 5) is 0. The molecule has 0 radical (unpaired) electrons. The van der Waals surface area contributed by atoms with Gasteiger partial charge in [-0.3, -0.25) is 0 Å². The smallest absolute Gasteiger partial charge is 0.0132 e. The van der Waals surface area contributed by atoms with E-state index in [4.69, 9.17) is 0 Å². The van der Waals surface area contributed by atoms with Crippen LogP contribution in [0.4, 0.5) is 0 Å². The van der Waals surface area contributed by atoms with Crippen molar-refractivity contribution in [2.24, 2.45) is 5.41 Å². The summed E-state index contributed by atoms with van der Waals surface area (Å²) in [6.45, 7) is 7.15. The molecule has 0 aromatic carbocycles. The Bertz CT molecular complexity index is 179. The molecule has 0 bridgehead atoms. The second-order valence-electron chi connectivity index (χ2n) is 5.82. The molecule has 15 heavy (non-hydrogen) atoms. The predicted molar refractivity (Wildman–Crippen MR) is 71.6 cm³/mol. The van der Waals surface area contributed by atoms with Gasteiger partial charge in [0.2, 0.25) is 0 Å². The van der Waals surface area contributed by atoms with E-state index in [0.29, 0.717) is 11.5 Å². The van der Waals surface area contributed by atoms with Crippen LogP contribution in [0.25, 0.3) is 0 Å². The second-order valence-corrected chi connectivity index (χ2v) is 6.73. The number of hydrogen-bond donors (Lipinski definition) is 1. The largest absolute Gasteiger partial charge is 0.311 e. The van der Waals surface area contributed by atoms with Gasteiger partial charge >= 0.3 is 0 Å². The van der Waals surface area contributed by atoms with Crippen LogP contribution in [0.15, 0.2) is 0 Å². The maximum atomic E-state index is 3.78. The number of thioether (sulfide) groups is 1. The first-order valence-electron chi connectivity index (χ1n) is 6.28. The lowest BCUT2D eigenvalue weighted by Gasteiger charge is -2.23. The van der Waals surface area contributed by atoms with Crippen molar-refractivity contribution in [2.45, 2.75) is 65.0 Å². The summed E-state index contributed by atoms with van der Waals surface area (Å²) in [6.07, 6.45) is 9.12. The van der Waals surface area contributed by atoms with Crippen molar-refractivity contribution >= 4 is 11.8 Å². The summed E-state index contributed by atoms with van der Waals surface area (Å²) in [5, 5.41) is 3.78. The maximum Gasteiger partial charge on any atom is 0.0132 e. The Labute approximate surface area is 99.8 Å². The third-order valence-corrected chi connectivity index (χ3v) is 4.35. The molecule has 1 N–H and O–H groups in total. The highest BCUT2D eigenvalue weighted by Gasteiger charge is 2.24. The summed E-state index contributed by atoms with van der Waals surface area (Å²) in [7, 11) is 0. The molecule has 0 aromatic rings. The van der Waals surface area contributed by atoms with Gasteiger partial charge in [-0.15, -0.1) is 0 Å². The van der Waals surface area contributed by atoms with E-state index in [2.05, 4.69) is 32.3 Å². The van der Waals surface area contributed by atoms with E-state index in [-0.39, 0.29) is 0 Å². The third kappa shape index (κ3) is 5.26. The Morgan fingerprint density at radius 3 is 2.73 bits per heavy atom. The minimum absolute atomic E-state index is 0.583. The van der Waals surface area contributed by atoms with E-state index in [1.807, 2.05) is 11.8 Å². The zero-order valence-electron chi connectivity index (χ0n) is 10.8. The third-order valence-electron chi connectivity index (χ3n) is 3.51. The molecule has 0 saturated heterocycles. The molecular weight excluding hydrogens is 202 g/mol. The fraction of sp³-hybridized carbons (Fsp3) is 1.00. The lowest BCUT2D eigenvalue weighted by atomic mass is 9.85. The number of nitrogens with one attached hydrogen (secondary N) is 1. The van der Waals surface area contributed by atoms with Gasteiger partial charge in [-0.05, 0) is 44.3 Å². The Kier molecular flexibility index (Phi) is 5.48. The van der Waals surface area contributed by atoms with Gasteiger partial charge in [0.05, 0.1) is 0 Å². The first kappa shape index (κ1) is 13.4. The van der Waals surface area contributed by atoms with Crippen LogP contribution in [0, 0.1) is 5.41 Å². The standard InChI is InChI=1S/C13H27NS/c1-11(10-15-4)14-12-6-5-8-13(2,3)9-7-12/h11-12,14H,5-10H2,1-4H3. The molecule has 2 heteroatoms. The van der Waals surface area contributed by atoms with Crippen LogP contribution < -0.4 is 5.32 Å². The van der Waals surface area contributed by atoms with E-state index in [1.165, 1.54) is 37.9 Å². The Morgan fingerprint density at radius 1 is 1.33 bits per heavy atom. The molecule has 0 aromatic heterocycles. The Hall–Kier alpha value is 0.310. The molecular formula is C13H27NS. The van der Waals surface area contributed by atoms with E-state index in [1.54, 1.807) is 0 Å². The fourth-order valence-electron chi connectivity index (χ4n) is 2.53. The quantitative estimate of drug-likeness (QED) is 0.738. The van der Waals surface area contributed by atoms with Gasteiger partial charge < -0.3 is 5.32 Å². The van der Waals surface area contributed by atoms with E-state index in [0.717, 1.165) is 6.04 Å². The highest BCUT2D eigenvalue weighted by atomic mass is 32.2. The van der Waals surface area contributed by atoms with E-state index in [9.17, 15) is 0 Å². The second kappa shape index (κ2) is 6.15. The molecule has 2 atom stereocenters. The molecule has 1 fully saturated rings. The van der Waals surface area contributed by atoms with Crippen molar-refractivity contribution in [3.05, 3.63) is 0 Å². The van der Waals surface area contributed by atoms with Gasteiger partial charge in [-0.2, -0.15) is 11.8 Å². The first-order chi connectivity index (χ1) is 7.03. The Balaban J connectivity index is 2.31. The number of hydrogen-bond acceptors (Lipinski definition) is 2. The first-order valence-corrected chi connectivity index (χ1v) is 7.68. The van der Waals surface area contributed by atoms with E-state index < -0.39 is 0 Å². The van der Waals surface area contributed by atoms with E-state index >= 15 is 0 Å². The van der Waals surface area contributed by atoms with Gasteiger partial charge in [-0.1, -0.05) is 20.3 Å². The molecule has 0 aliphatic heterocycles. The van der Waals surface area contributed by atoms with Gasteiger partial charge in [0.25, 0.3) is 0 Å². The van der Waals surface area contributed by atoms with Gasteiger partial charge in [-0.25, -0.2) is 0 Å². The molecule has 1 rings (SSSR count). The molecule has 0 amide bonds. The molecule has 1 aliphatic carbocycles. The average molecular weight is 229 g/mol. The molecule has 90 valence electrons. The average Bonchev–Trinajstić information content (AvgIpc) is 2.28. The highest BCUT2D eigenvalue weighted by molar-refractivity contribution is 7.98. The zero-order chi connectivity index (χ0) is 11.3. The minimum atomic E-state index is 0.583. The van der Waals surface area contributed by atoms with Crippen LogP contribution in [-0.2, 0) is 0 Å². The molecule has 2 unspecified atom stereocenters. The highest BCUT2D eigenvalue weighted by Crippen LogP contribution is 2.33. The van der Waals surface area contributed by atoms with Crippen molar-refractivity contribution in [3.63, 3.8) is 0 Å². The molecule has 1 aliphatic rings. The summed E-state index contributed by atoms with van der Waals surface area (Å²) >= 11 is 1.94. The van der Waals surface area contributed by atoms with Crippen molar-refractivity contribution in [1.82, 2.24) is 5.32 Å². The van der Waals surface area contributed by atoms with Crippen molar-refractivity contribution in [2.75, 3.05) is 12.0 Å². The van der Waals surface area contributed by atoms with Gasteiger partial charge in [0, 0.05) is 17.8 Å². The van der Waals surface area contributed by atoms with Crippen LogP contribution in [-0.4, -0.2) is 24.1 Å². The van der Waals surface area contributed by atoms with Crippen LogP contribution in [0.5, 0.6) is 0 Å². The van der Waals surface area contributed by atoms with Crippen LogP contribution in [0.2, 0.25) is 0 Å². The molecule has 1 saturated carbocycles. The van der Waals surface area contributed by atoms with Crippen LogP contribution >= 0.6 is 11.8 Å². The molecule has 0 spiro atoms. The normalized spacial score (nSPS) is 28.4. The van der Waals surface area contributed by atoms with Crippen LogP contribution in [0.1, 0.15) is 52.9 Å². The van der Waals surface area contributed by atoms with Crippen molar-refractivity contribution < 1.29 is 0 Å². The zero-order valence-corrected chi connectivity index (χ0v) is 11.6. The topological polar surface area (TPSA) is 12.0 Å². The summed E-state index contributed by atoms with van der Waals surface area (Å²) in [5.41, 5.74) is 0.583. The maximum absolute atomic E-state index is 3.78. The van der Waals surface area contributed by atoms with Crippen LogP contribution in [0.3, 0.4) is 0 Å². The predicted octanol–water partition coefficient (Wildman–Crippen LogP) is 3.69. The minimum Gasteiger partial charge on any atom is -0.311 e. The monoisotopic (exact) mass is 229 g/mol. The number of rotatable bonds is 4. The lowest BCUT2D eigenvalue weighted by molar-refractivity contribution is 0.308. The van der Waals surface area contributed by atoms with Gasteiger partial charge in [0.15, 0.2) is 0 Å². The summed E-state index contributed by atoms with van der Waals surface area (Å²) in [5.74, 6) is 1.24. The lowest BCUT2D eigenvalue weighted by Crippen LogP contribution is -2.37. The van der Waals surface area contributed by atoms with Crippen molar-refractivity contribution in [1.29, 1.82) is 0 Å². The van der Waals surface area contributed by atoms with Crippen molar-refractivity contribution in [3.8, 4) is 0 Å². The van der Waals surface area contributed by atoms with Gasteiger partial charge in [0.1, 0.15) is 0 Å². The summed E-state index contributed by atoms with van der Waals surface area (Å²) in [6, 6.07) is 1.44. The summed E-state index contributed by atoms with van der Waals surface area (Å²) < 4.78 is 0. The SMILES string of the molecule is CSCC(C)NC1CCCC(C)(C)CC1. The molecule has 1 nitrogen and oxygen atoms in total. The Morgan fingerprint density at radius 2 is 2.07 bits per heavy atom. The molecule has 0 heterocycles. The fourth-order valence-corrected chi connectivity index (χ4v) is 3.12.